The Hall–Kier alpha value is -1.88. The number of hydrogen-bond acceptors (Lipinski definition) is 3. The van der Waals surface area contributed by atoms with E-state index in [0.29, 0.717) is 24.1 Å². The molecule has 0 bridgehead atoms. The standard InChI is InChI=1S/C14H21N3O2/c1-10(15)4-9-13(18)16-12-7-5-11(6-8-12)14(19)17(2)3/h5-8,10H,4,9,15H2,1-3H3,(H,16,18). The molecule has 0 saturated carbocycles. The Morgan fingerprint density at radius 2 is 1.84 bits per heavy atom. The fourth-order valence-electron chi connectivity index (χ4n) is 1.54. The first-order chi connectivity index (χ1) is 8.90. The van der Waals surface area contributed by atoms with Crippen LogP contribution in [0.1, 0.15) is 30.1 Å². The summed E-state index contributed by atoms with van der Waals surface area (Å²) in [5, 5.41) is 2.77. The number of nitrogens with two attached hydrogens (primary N) is 1. The summed E-state index contributed by atoms with van der Waals surface area (Å²) in [5.41, 5.74) is 6.87. The van der Waals surface area contributed by atoms with Crippen LogP contribution in [0.4, 0.5) is 5.69 Å². The number of carbonyl (C=O) groups is 2. The summed E-state index contributed by atoms with van der Waals surface area (Å²) >= 11 is 0. The fourth-order valence-corrected chi connectivity index (χ4v) is 1.54. The van der Waals surface area contributed by atoms with Crippen LogP contribution in [0, 0.1) is 0 Å². The number of amides is 2. The summed E-state index contributed by atoms with van der Waals surface area (Å²) in [6, 6.07) is 6.86. The van der Waals surface area contributed by atoms with Gasteiger partial charge in [-0.05, 0) is 37.6 Å². The van der Waals surface area contributed by atoms with Crippen LogP contribution in [-0.4, -0.2) is 36.9 Å². The van der Waals surface area contributed by atoms with Gasteiger partial charge in [-0.25, -0.2) is 0 Å². The Bertz CT molecular complexity index is 439. The molecule has 1 aromatic rings. The average Bonchev–Trinajstić information content (AvgIpc) is 2.36. The lowest BCUT2D eigenvalue weighted by Crippen LogP contribution is -2.21. The molecule has 3 N–H and O–H groups in total. The van der Waals surface area contributed by atoms with E-state index in [1.807, 2.05) is 6.92 Å². The van der Waals surface area contributed by atoms with E-state index in [4.69, 9.17) is 5.73 Å². The molecule has 0 saturated heterocycles. The molecule has 1 unspecified atom stereocenters. The third-order valence-corrected chi connectivity index (χ3v) is 2.65. The van der Waals surface area contributed by atoms with E-state index < -0.39 is 0 Å². The van der Waals surface area contributed by atoms with Gasteiger partial charge in [0.1, 0.15) is 0 Å². The molecule has 5 heteroatoms. The summed E-state index contributed by atoms with van der Waals surface area (Å²) in [7, 11) is 3.40. The zero-order chi connectivity index (χ0) is 14.4. The molecule has 0 heterocycles. The van der Waals surface area contributed by atoms with Crippen LogP contribution in [0.5, 0.6) is 0 Å². The minimum Gasteiger partial charge on any atom is -0.345 e. The van der Waals surface area contributed by atoms with Gasteiger partial charge in [-0.15, -0.1) is 0 Å². The quantitative estimate of drug-likeness (QED) is 0.844. The molecule has 1 aromatic carbocycles. The molecule has 2 amide bonds. The highest BCUT2D eigenvalue weighted by Crippen LogP contribution is 2.11. The first-order valence-electron chi connectivity index (χ1n) is 6.27. The summed E-state index contributed by atoms with van der Waals surface area (Å²) in [4.78, 5) is 24.8. The van der Waals surface area contributed by atoms with E-state index in [-0.39, 0.29) is 17.9 Å². The number of benzene rings is 1. The molecule has 1 atom stereocenters. The first kappa shape index (κ1) is 15.2. The monoisotopic (exact) mass is 263 g/mol. The summed E-state index contributed by atoms with van der Waals surface area (Å²) in [5.74, 6) is -0.126. The zero-order valence-electron chi connectivity index (χ0n) is 11.6. The number of rotatable bonds is 5. The van der Waals surface area contributed by atoms with Gasteiger partial charge in [0.25, 0.3) is 5.91 Å². The van der Waals surface area contributed by atoms with Gasteiger partial charge in [-0.1, -0.05) is 0 Å². The lowest BCUT2D eigenvalue weighted by atomic mass is 10.1. The van der Waals surface area contributed by atoms with Crippen molar-refractivity contribution < 1.29 is 9.59 Å². The Kier molecular flexibility index (Phi) is 5.51. The second-order valence-corrected chi connectivity index (χ2v) is 4.84. The van der Waals surface area contributed by atoms with E-state index in [1.54, 1.807) is 38.4 Å². The number of nitrogens with zero attached hydrogens (tertiary/aromatic N) is 1. The van der Waals surface area contributed by atoms with Gasteiger partial charge < -0.3 is 16.0 Å². The molecule has 0 aliphatic carbocycles. The molecule has 0 fully saturated rings. The Balaban J connectivity index is 2.57. The minimum atomic E-state index is -0.0658. The minimum absolute atomic E-state index is 0.0193. The lowest BCUT2D eigenvalue weighted by Gasteiger charge is -2.11. The van der Waals surface area contributed by atoms with Crippen molar-refractivity contribution in [2.45, 2.75) is 25.8 Å². The van der Waals surface area contributed by atoms with E-state index in [2.05, 4.69) is 5.32 Å². The van der Waals surface area contributed by atoms with Crippen molar-refractivity contribution in [3.63, 3.8) is 0 Å². The SMILES string of the molecule is CC(N)CCC(=O)Nc1ccc(C(=O)N(C)C)cc1. The Labute approximate surface area is 113 Å². The van der Waals surface area contributed by atoms with E-state index >= 15 is 0 Å². The Morgan fingerprint density at radius 1 is 1.26 bits per heavy atom. The normalized spacial score (nSPS) is 11.8. The predicted octanol–water partition coefficient (Wildman–Crippen LogP) is 1.45. The molecule has 0 radical (unpaired) electrons. The van der Waals surface area contributed by atoms with Crippen LogP contribution in [0.2, 0.25) is 0 Å². The molecule has 1 rings (SSSR count). The highest BCUT2D eigenvalue weighted by Gasteiger charge is 2.08. The molecule has 0 aliphatic rings. The maximum atomic E-state index is 11.7. The zero-order valence-corrected chi connectivity index (χ0v) is 11.6. The maximum absolute atomic E-state index is 11.7. The van der Waals surface area contributed by atoms with Crippen molar-refractivity contribution in [2.24, 2.45) is 5.73 Å². The number of anilines is 1. The molecule has 19 heavy (non-hydrogen) atoms. The second kappa shape index (κ2) is 6.89. The van der Waals surface area contributed by atoms with Crippen LogP contribution < -0.4 is 11.1 Å². The maximum Gasteiger partial charge on any atom is 0.253 e. The predicted molar refractivity (Wildman–Crippen MR) is 76.0 cm³/mol. The van der Waals surface area contributed by atoms with Crippen LogP contribution in [0.25, 0.3) is 0 Å². The van der Waals surface area contributed by atoms with Gasteiger partial charge >= 0.3 is 0 Å². The third-order valence-electron chi connectivity index (χ3n) is 2.65. The van der Waals surface area contributed by atoms with Crippen LogP contribution in [-0.2, 0) is 4.79 Å². The summed E-state index contributed by atoms with van der Waals surface area (Å²) in [6.45, 7) is 1.87. The molecule has 5 nitrogen and oxygen atoms in total. The third kappa shape index (κ3) is 5.09. The van der Waals surface area contributed by atoms with Crippen LogP contribution >= 0.6 is 0 Å². The molecule has 0 aromatic heterocycles. The summed E-state index contributed by atoms with van der Waals surface area (Å²) < 4.78 is 0. The van der Waals surface area contributed by atoms with Gasteiger partial charge in [0.15, 0.2) is 0 Å². The number of nitrogens with one attached hydrogen (secondary N) is 1. The van der Waals surface area contributed by atoms with Gasteiger partial charge in [-0.3, -0.25) is 9.59 Å². The topological polar surface area (TPSA) is 75.4 Å². The fraction of sp³-hybridized carbons (Fsp3) is 0.429. The highest BCUT2D eigenvalue weighted by molar-refractivity contribution is 5.95. The van der Waals surface area contributed by atoms with Crippen molar-refractivity contribution in [2.75, 3.05) is 19.4 Å². The van der Waals surface area contributed by atoms with E-state index in [0.717, 1.165) is 0 Å². The van der Waals surface area contributed by atoms with Crippen LogP contribution in [0.15, 0.2) is 24.3 Å². The van der Waals surface area contributed by atoms with Crippen molar-refractivity contribution in [3.8, 4) is 0 Å². The largest absolute Gasteiger partial charge is 0.345 e. The first-order valence-corrected chi connectivity index (χ1v) is 6.27. The molecular weight excluding hydrogens is 242 g/mol. The van der Waals surface area contributed by atoms with Crippen molar-refractivity contribution in [3.05, 3.63) is 29.8 Å². The summed E-state index contributed by atoms with van der Waals surface area (Å²) in [6.07, 6.45) is 1.05. The lowest BCUT2D eigenvalue weighted by molar-refractivity contribution is -0.116. The van der Waals surface area contributed by atoms with E-state index in [9.17, 15) is 9.59 Å². The Morgan fingerprint density at radius 3 is 2.32 bits per heavy atom. The van der Waals surface area contributed by atoms with Crippen molar-refractivity contribution in [1.29, 1.82) is 0 Å². The smallest absolute Gasteiger partial charge is 0.253 e. The molecule has 104 valence electrons. The van der Waals surface area contributed by atoms with Crippen LogP contribution in [0.3, 0.4) is 0 Å². The van der Waals surface area contributed by atoms with E-state index in [1.165, 1.54) is 4.90 Å². The second-order valence-electron chi connectivity index (χ2n) is 4.84. The number of carbonyl (C=O) groups excluding carboxylic acids is 2. The van der Waals surface area contributed by atoms with Gasteiger partial charge in [0, 0.05) is 37.8 Å². The molecule has 0 aliphatic heterocycles. The van der Waals surface area contributed by atoms with Crippen molar-refractivity contribution >= 4 is 17.5 Å². The van der Waals surface area contributed by atoms with Gasteiger partial charge in [0.2, 0.25) is 5.91 Å². The molecule has 0 spiro atoms. The molecular formula is C14H21N3O2. The van der Waals surface area contributed by atoms with Crippen molar-refractivity contribution in [1.82, 2.24) is 4.90 Å². The average molecular weight is 263 g/mol. The number of hydrogen-bond donors (Lipinski definition) is 2. The van der Waals surface area contributed by atoms with Gasteiger partial charge in [-0.2, -0.15) is 0 Å². The van der Waals surface area contributed by atoms with Gasteiger partial charge in [0.05, 0.1) is 0 Å². The highest BCUT2D eigenvalue weighted by atomic mass is 16.2.